The minimum atomic E-state index is -1.04. The molecule has 4 rings (SSSR count). The van der Waals surface area contributed by atoms with Crippen molar-refractivity contribution in [3.63, 3.8) is 0 Å². The fourth-order valence-corrected chi connectivity index (χ4v) is 4.24. The number of thioether (sulfide) groups is 1. The number of benzene rings is 2. The Hall–Kier alpha value is -4.51. The van der Waals surface area contributed by atoms with Gasteiger partial charge in [0, 0.05) is 29.3 Å². The van der Waals surface area contributed by atoms with E-state index in [0.717, 1.165) is 4.90 Å². The number of rotatable bonds is 7. The van der Waals surface area contributed by atoms with Crippen LogP contribution in [0, 0.1) is 17.0 Å². The van der Waals surface area contributed by atoms with Gasteiger partial charge in [-0.2, -0.15) is 0 Å². The van der Waals surface area contributed by atoms with Crippen LogP contribution in [0.3, 0.4) is 0 Å². The van der Waals surface area contributed by atoms with E-state index in [1.165, 1.54) is 42.5 Å². The third-order valence-electron chi connectivity index (χ3n) is 5.21. The lowest BCUT2D eigenvalue weighted by Crippen LogP contribution is -2.33. The first-order valence-corrected chi connectivity index (χ1v) is 10.9. The van der Waals surface area contributed by atoms with Crippen LogP contribution in [0.1, 0.15) is 32.0 Å². The molecule has 11 heteroatoms. The molecule has 10 nitrogen and oxygen atoms in total. The van der Waals surface area contributed by atoms with E-state index in [1.54, 1.807) is 25.1 Å². The number of nitrogens with zero attached hydrogens (tertiary/aromatic N) is 2. The molecule has 0 unspecified atom stereocenters. The number of nitro benzene ring substituents is 1. The molecule has 35 heavy (non-hydrogen) atoms. The van der Waals surface area contributed by atoms with Gasteiger partial charge in [0.2, 0.25) is 0 Å². The molecule has 1 N–H and O–H groups in total. The third-order valence-corrected chi connectivity index (χ3v) is 6.12. The number of hydrogen-bond donors (Lipinski definition) is 1. The molecule has 1 aliphatic heterocycles. The molecule has 2 amide bonds. The molecule has 0 bridgehead atoms. The van der Waals surface area contributed by atoms with Crippen molar-refractivity contribution < 1.29 is 33.6 Å². The zero-order valence-electron chi connectivity index (χ0n) is 18.1. The Balaban J connectivity index is 1.49. The average molecular weight is 492 g/mol. The van der Waals surface area contributed by atoms with Crippen LogP contribution < -0.4 is 0 Å². The van der Waals surface area contributed by atoms with E-state index in [2.05, 4.69) is 0 Å². The van der Waals surface area contributed by atoms with Crippen molar-refractivity contribution in [1.29, 1.82) is 0 Å². The van der Waals surface area contributed by atoms with Crippen molar-refractivity contribution >= 4 is 46.4 Å². The van der Waals surface area contributed by atoms with E-state index in [1.807, 2.05) is 0 Å². The number of carboxylic acids is 1. The molecule has 3 aromatic rings. The number of amides is 2. The van der Waals surface area contributed by atoms with E-state index in [-0.39, 0.29) is 21.7 Å². The summed E-state index contributed by atoms with van der Waals surface area (Å²) in [5.74, 6) is -1.48. The summed E-state index contributed by atoms with van der Waals surface area (Å²) in [5.41, 5.74) is 1.47. The van der Waals surface area contributed by atoms with Gasteiger partial charge in [0.15, 0.2) is 5.78 Å². The summed E-state index contributed by atoms with van der Waals surface area (Å²) < 4.78 is 5.77. The molecular weight excluding hydrogens is 476 g/mol. The van der Waals surface area contributed by atoms with Crippen LogP contribution >= 0.6 is 11.8 Å². The second kappa shape index (κ2) is 9.39. The predicted molar refractivity (Wildman–Crippen MR) is 126 cm³/mol. The fraction of sp³-hybridized carbons (Fsp3) is 0.0833. The second-order valence-corrected chi connectivity index (χ2v) is 8.53. The quantitative estimate of drug-likeness (QED) is 0.213. The first-order chi connectivity index (χ1) is 16.6. The molecule has 0 atom stereocenters. The summed E-state index contributed by atoms with van der Waals surface area (Å²) in [4.78, 5) is 59.8. The number of hydrogen-bond acceptors (Lipinski definition) is 8. The van der Waals surface area contributed by atoms with Gasteiger partial charge < -0.3 is 9.52 Å². The number of carbonyl (C=O) groups is 4. The van der Waals surface area contributed by atoms with Crippen molar-refractivity contribution in [3.05, 3.63) is 92.1 Å². The molecule has 0 spiro atoms. The molecular formula is C24H16N2O8S. The Kier molecular flexibility index (Phi) is 6.34. The van der Waals surface area contributed by atoms with Crippen LogP contribution in [0.5, 0.6) is 0 Å². The number of carbonyl (C=O) groups excluding carboxylic acids is 3. The van der Waals surface area contributed by atoms with Crippen molar-refractivity contribution in [3.8, 4) is 11.3 Å². The summed E-state index contributed by atoms with van der Waals surface area (Å²) in [6.45, 7) is 1.25. The van der Waals surface area contributed by atoms with Crippen LogP contribution in [0.25, 0.3) is 17.4 Å². The number of aryl methyl sites for hydroxylation is 1. The Labute approximate surface area is 202 Å². The highest BCUT2D eigenvalue weighted by molar-refractivity contribution is 8.18. The van der Waals surface area contributed by atoms with Crippen molar-refractivity contribution in [2.75, 3.05) is 6.54 Å². The van der Waals surface area contributed by atoms with Crippen LogP contribution in [0.15, 0.2) is 63.9 Å². The normalized spacial score (nSPS) is 14.5. The number of non-ortho nitro benzene ring substituents is 1. The standard InChI is InChI=1S/C24H16N2O8S/c1-13-10-15(23(29)30)4-8-18(13)20-9-7-17(34-20)11-21-22(28)25(24(31)35-21)12-19(27)14-2-5-16(6-3-14)26(32)33/h2-11H,12H2,1H3,(H,29,30)/b21-11-. The van der Waals surface area contributed by atoms with Gasteiger partial charge in [-0.15, -0.1) is 0 Å². The summed E-state index contributed by atoms with van der Waals surface area (Å²) in [7, 11) is 0. The second-order valence-electron chi connectivity index (χ2n) is 7.53. The van der Waals surface area contributed by atoms with Gasteiger partial charge in [-0.25, -0.2) is 4.79 Å². The molecule has 0 radical (unpaired) electrons. The highest BCUT2D eigenvalue weighted by Gasteiger charge is 2.36. The first kappa shape index (κ1) is 23.6. The van der Waals surface area contributed by atoms with Crippen LogP contribution in [0.2, 0.25) is 0 Å². The molecule has 2 aromatic carbocycles. The van der Waals surface area contributed by atoms with E-state index >= 15 is 0 Å². The summed E-state index contributed by atoms with van der Waals surface area (Å²) in [6, 6.07) is 12.8. The zero-order chi connectivity index (χ0) is 25.3. The van der Waals surface area contributed by atoms with Gasteiger partial charge in [0.1, 0.15) is 11.5 Å². The number of nitro groups is 1. The van der Waals surface area contributed by atoms with Crippen molar-refractivity contribution in [2.24, 2.45) is 0 Å². The summed E-state index contributed by atoms with van der Waals surface area (Å²) in [5, 5.41) is 19.2. The van der Waals surface area contributed by atoms with E-state index in [9.17, 15) is 29.3 Å². The van der Waals surface area contributed by atoms with Gasteiger partial charge in [-0.05, 0) is 60.6 Å². The van der Waals surface area contributed by atoms with Gasteiger partial charge in [0.05, 0.1) is 21.9 Å². The molecule has 2 heterocycles. The lowest BCUT2D eigenvalue weighted by molar-refractivity contribution is -0.384. The summed E-state index contributed by atoms with van der Waals surface area (Å²) >= 11 is 0.665. The maximum Gasteiger partial charge on any atom is 0.335 e. The van der Waals surface area contributed by atoms with Crippen LogP contribution in [-0.4, -0.2) is 44.4 Å². The fourth-order valence-electron chi connectivity index (χ4n) is 3.42. The number of Topliss-reactive ketones (excluding diaryl/α,β-unsaturated/α-hetero) is 1. The minimum absolute atomic E-state index is 0.0744. The number of ketones is 1. The minimum Gasteiger partial charge on any atom is -0.478 e. The number of furan rings is 1. The topological polar surface area (TPSA) is 148 Å². The molecule has 0 saturated carbocycles. The van der Waals surface area contributed by atoms with Crippen LogP contribution in [0.4, 0.5) is 10.5 Å². The molecule has 1 saturated heterocycles. The van der Waals surface area contributed by atoms with E-state index < -0.39 is 34.4 Å². The highest BCUT2D eigenvalue weighted by Crippen LogP contribution is 2.34. The van der Waals surface area contributed by atoms with Gasteiger partial charge >= 0.3 is 5.97 Å². The lowest BCUT2D eigenvalue weighted by Gasteiger charge is -2.11. The van der Waals surface area contributed by atoms with Crippen molar-refractivity contribution in [1.82, 2.24) is 4.90 Å². The number of imide groups is 1. The molecule has 176 valence electrons. The van der Waals surface area contributed by atoms with Crippen molar-refractivity contribution in [2.45, 2.75) is 6.92 Å². The maximum atomic E-state index is 12.7. The number of carboxylic acid groups (broad SMARTS) is 1. The summed E-state index contributed by atoms with van der Waals surface area (Å²) in [6.07, 6.45) is 1.39. The van der Waals surface area contributed by atoms with Gasteiger partial charge in [-0.3, -0.25) is 29.4 Å². The maximum absolute atomic E-state index is 12.7. The van der Waals surface area contributed by atoms with Gasteiger partial charge in [0.25, 0.3) is 16.8 Å². The molecule has 1 aromatic heterocycles. The average Bonchev–Trinajstić information content (AvgIpc) is 3.39. The monoisotopic (exact) mass is 492 g/mol. The zero-order valence-corrected chi connectivity index (χ0v) is 18.9. The van der Waals surface area contributed by atoms with E-state index in [4.69, 9.17) is 9.52 Å². The largest absolute Gasteiger partial charge is 0.478 e. The SMILES string of the molecule is Cc1cc(C(=O)O)ccc1-c1ccc(/C=C2\SC(=O)N(CC(=O)c3ccc([N+](=O)[O-])cc3)C2=O)o1. The predicted octanol–water partition coefficient (Wildman–Crippen LogP) is 4.78. The van der Waals surface area contributed by atoms with E-state index in [0.29, 0.717) is 34.4 Å². The van der Waals surface area contributed by atoms with Crippen LogP contribution in [-0.2, 0) is 4.79 Å². The Morgan fingerprint density at radius 3 is 2.40 bits per heavy atom. The third kappa shape index (κ3) is 4.89. The lowest BCUT2D eigenvalue weighted by atomic mass is 10.0. The molecule has 0 aliphatic carbocycles. The van der Waals surface area contributed by atoms with Gasteiger partial charge in [-0.1, -0.05) is 6.07 Å². The smallest absolute Gasteiger partial charge is 0.335 e. The Bertz CT molecular complexity index is 1420. The first-order valence-electron chi connectivity index (χ1n) is 10.1. The number of aromatic carboxylic acids is 1. The molecule has 1 aliphatic rings. The molecule has 1 fully saturated rings. The Morgan fingerprint density at radius 1 is 1.09 bits per heavy atom. The Morgan fingerprint density at radius 2 is 1.77 bits per heavy atom. The highest BCUT2D eigenvalue weighted by atomic mass is 32.2.